The molecular formula is C10H14N6O. The molecule has 7 nitrogen and oxygen atoms in total. The largest absolute Gasteiger partial charge is 0.358 e. The molecule has 0 aliphatic rings. The van der Waals surface area contributed by atoms with E-state index in [9.17, 15) is 4.79 Å². The fraction of sp³-hybridized carbons (Fsp3) is 0.400. The summed E-state index contributed by atoms with van der Waals surface area (Å²) >= 11 is 0. The number of carbonyl (C=O) groups is 1. The van der Waals surface area contributed by atoms with Crippen molar-refractivity contribution in [2.24, 2.45) is 0 Å². The number of hydrogen-bond acceptors (Lipinski definition) is 5. The van der Waals surface area contributed by atoms with Gasteiger partial charge in [0.1, 0.15) is 6.33 Å². The average molecular weight is 234 g/mol. The molecule has 0 radical (unpaired) electrons. The molecule has 7 heteroatoms. The third kappa shape index (κ3) is 2.32. The smallest absolute Gasteiger partial charge is 0.241 e. The zero-order valence-electron chi connectivity index (χ0n) is 9.79. The van der Waals surface area contributed by atoms with Crippen LogP contribution in [0.15, 0.2) is 18.7 Å². The molecule has 0 saturated heterocycles. The molecule has 1 N–H and O–H groups in total. The van der Waals surface area contributed by atoms with E-state index in [1.165, 1.54) is 0 Å². The van der Waals surface area contributed by atoms with Crippen LogP contribution in [-0.2, 0) is 4.79 Å². The van der Waals surface area contributed by atoms with Gasteiger partial charge in [-0.1, -0.05) is 0 Å². The van der Waals surface area contributed by atoms with Crippen molar-refractivity contribution in [3.8, 4) is 0 Å². The molecule has 17 heavy (non-hydrogen) atoms. The number of aromatic nitrogens is 4. The maximum Gasteiger partial charge on any atom is 0.241 e. The Bertz CT molecular complexity index is 522. The minimum absolute atomic E-state index is 0.0100. The van der Waals surface area contributed by atoms with Crippen molar-refractivity contribution in [2.45, 2.75) is 6.92 Å². The van der Waals surface area contributed by atoms with Crippen LogP contribution in [0.1, 0.15) is 6.92 Å². The Morgan fingerprint density at radius 3 is 3.18 bits per heavy atom. The first kappa shape index (κ1) is 11.3. The summed E-state index contributed by atoms with van der Waals surface area (Å²) in [5.74, 6) is 0.568. The highest BCUT2D eigenvalue weighted by molar-refractivity contribution is 5.81. The first-order chi connectivity index (χ1) is 8.22. The lowest BCUT2D eigenvalue weighted by atomic mass is 10.5. The van der Waals surface area contributed by atoms with Crippen molar-refractivity contribution in [2.75, 3.05) is 25.5 Å². The Kier molecular flexibility index (Phi) is 3.17. The van der Waals surface area contributed by atoms with Crippen molar-refractivity contribution in [3.63, 3.8) is 0 Å². The molecule has 2 rings (SSSR count). The van der Waals surface area contributed by atoms with Crippen molar-refractivity contribution in [1.82, 2.24) is 24.5 Å². The summed E-state index contributed by atoms with van der Waals surface area (Å²) in [6.07, 6.45) is 4.97. The lowest BCUT2D eigenvalue weighted by molar-refractivity contribution is -0.127. The summed E-state index contributed by atoms with van der Waals surface area (Å²) in [6, 6.07) is 0. The van der Waals surface area contributed by atoms with E-state index in [1.807, 2.05) is 6.92 Å². The predicted molar refractivity (Wildman–Crippen MR) is 62.6 cm³/mol. The van der Waals surface area contributed by atoms with E-state index in [1.54, 1.807) is 35.1 Å². The second-order valence-electron chi connectivity index (χ2n) is 3.60. The van der Waals surface area contributed by atoms with Gasteiger partial charge in [-0.3, -0.25) is 9.20 Å². The lowest BCUT2D eigenvalue weighted by Gasteiger charge is -2.14. The number of rotatable bonds is 4. The average Bonchev–Trinajstić information content (AvgIpc) is 2.83. The second-order valence-corrected chi connectivity index (χ2v) is 3.60. The third-order valence-corrected chi connectivity index (χ3v) is 2.52. The SMILES string of the molecule is CCN(C)C(=O)CNc1nccn2cnnc12. The monoisotopic (exact) mass is 234 g/mol. The van der Waals surface area contributed by atoms with Crippen molar-refractivity contribution in [1.29, 1.82) is 0 Å². The topological polar surface area (TPSA) is 75.4 Å². The fourth-order valence-corrected chi connectivity index (χ4v) is 1.35. The molecule has 0 unspecified atom stereocenters. The Morgan fingerprint density at radius 2 is 2.41 bits per heavy atom. The Morgan fingerprint density at radius 1 is 1.59 bits per heavy atom. The van der Waals surface area contributed by atoms with E-state index in [-0.39, 0.29) is 12.5 Å². The van der Waals surface area contributed by atoms with Crippen LogP contribution >= 0.6 is 0 Å². The molecule has 0 fully saturated rings. The zero-order valence-corrected chi connectivity index (χ0v) is 9.79. The summed E-state index contributed by atoms with van der Waals surface area (Å²) in [5, 5.41) is 10.7. The number of fused-ring (bicyclic) bond motifs is 1. The van der Waals surface area contributed by atoms with Gasteiger partial charge >= 0.3 is 0 Å². The molecule has 2 aromatic rings. The lowest BCUT2D eigenvalue weighted by Crippen LogP contribution is -2.32. The standard InChI is InChI=1S/C10H14N6O/c1-3-15(2)8(17)6-12-9-10-14-13-7-16(10)5-4-11-9/h4-5,7H,3,6H2,1-2H3,(H,11,12). The molecule has 0 aliphatic heterocycles. The zero-order chi connectivity index (χ0) is 12.3. The van der Waals surface area contributed by atoms with Gasteiger partial charge in [-0.2, -0.15) is 0 Å². The molecule has 2 aromatic heterocycles. The van der Waals surface area contributed by atoms with Crippen molar-refractivity contribution >= 4 is 17.4 Å². The van der Waals surface area contributed by atoms with Gasteiger partial charge in [0.25, 0.3) is 0 Å². The highest BCUT2D eigenvalue weighted by Gasteiger charge is 2.09. The maximum absolute atomic E-state index is 11.6. The van der Waals surface area contributed by atoms with E-state index in [0.29, 0.717) is 18.0 Å². The highest BCUT2D eigenvalue weighted by Crippen LogP contribution is 2.08. The molecule has 0 aromatic carbocycles. The first-order valence-electron chi connectivity index (χ1n) is 5.34. The van der Waals surface area contributed by atoms with E-state index < -0.39 is 0 Å². The minimum Gasteiger partial charge on any atom is -0.358 e. The van der Waals surface area contributed by atoms with Gasteiger partial charge in [-0.05, 0) is 6.92 Å². The van der Waals surface area contributed by atoms with Crippen LogP contribution in [0.3, 0.4) is 0 Å². The van der Waals surface area contributed by atoms with Crippen LogP contribution in [0.2, 0.25) is 0 Å². The summed E-state index contributed by atoms with van der Waals surface area (Å²) < 4.78 is 1.74. The molecule has 0 atom stereocenters. The van der Waals surface area contributed by atoms with E-state index in [4.69, 9.17) is 0 Å². The van der Waals surface area contributed by atoms with Crippen LogP contribution in [0.4, 0.5) is 5.82 Å². The molecular weight excluding hydrogens is 220 g/mol. The fourth-order valence-electron chi connectivity index (χ4n) is 1.35. The van der Waals surface area contributed by atoms with Crippen LogP contribution in [0, 0.1) is 0 Å². The highest BCUT2D eigenvalue weighted by atomic mass is 16.2. The van der Waals surface area contributed by atoms with Crippen molar-refractivity contribution in [3.05, 3.63) is 18.7 Å². The molecule has 90 valence electrons. The number of anilines is 1. The van der Waals surface area contributed by atoms with Gasteiger partial charge in [-0.25, -0.2) is 4.98 Å². The van der Waals surface area contributed by atoms with Crippen LogP contribution in [-0.4, -0.2) is 50.5 Å². The van der Waals surface area contributed by atoms with E-state index in [2.05, 4.69) is 20.5 Å². The van der Waals surface area contributed by atoms with Gasteiger partial charge < -0.3 is 10.2 Å². The molecule has 2 heterocycles. The van der Waals surface area contributed by atoms with E-state index in [0.717, 1.165) is 0 Å². The Hall–Kier alpha value is -2.18. The van der Waals surface area contributed by atoms with Gasteiger partial charge in [0, 0.05) is 26.0 Å². The summed E-state index contributed by atoms with van der Waals surface area (Å²) in [7, 11) is 1.76. The molecule has 0 aliphatic carbocycles. The normalized spacial score (nSPS) is 10.5. The van der Waals surface area contributed by atoms with Crippen LogP contribution < -0.4 is 5.32 Å². The second kappa shape index (κ2) is 4.77. The van der Waals surface area contributed by atoms with Crippen LogP contribution in [0.25, 0.3) is 5.65 Å². The number of amides is 1. The summed E-state index contributed by atoms with van der Waals surface area (Å²) in [5.41, 5.74) is 0.611. The minimum atomic E-state index is 0.0100. The third-order valence-electron chi connectivity index (χ3n) is 2.52. The first-order valence-corrected chi connectivity index (χ1v) is 5.34. The molecule has 0 spiro atoms. The van der Waals surface area contributed by atoms with Crippen molar-refractivity contribution < 1.29 is 4.79 Å². The number of hydrogen-bond donors (Lipinski definition) is 1. The van der Waals surface area contributed by atoms with Gasteiger partial charge in [-0.15, -0.1) is 10.2 Å². The molecule has 0 saturated carbocycles. The predicted octanol–water partition coefficient (Wildman–Crippen LogP) is 0.0145. The molecule has 1 amide bonds. The van der Waals surface area contributed by atoms with Gasteiger partial charge in [0.2, 0.25) is 11.6 Å². The number of likely N-dealkylation sites (N-methyl/N-ethyl adjacent to an activating group) is 1. The van der Waals surface area contributed by atoms with E-state index >= 15 is 0 Å². The number of nitrogens with zero attached hydrogens (tertiary/aromatic N) is 5. The van der Waals surface area contributed by atoms with Gasteiger partial charge in [0.15, 0.2) is 5.82 Å². The van der Waals surface area contributed by atoms with Gasteiger partial charge in [0.05, 0.1) is 6.54 Å². The molecule has 0 bridgehead atoms. The summed E-state index contributed by atoms with van der Waals surface area (Å²) in [4.78, 5) is 17.4. The quantitative estimate of drug-likeness (QED) is 0.806. The van der Waals surface area contributed by atoms with Crippen LogP contribution in [0.5, 0.6) is 0 Å². The Labute approximate surface area is 98.5 Å². The maximum atomic E-state index is 11.6. The number of carbonyl (C=O) groups excluding carboxylic acids is 1. The Balaban J connectivity index is 2.09. The summed E-state index contributed by atoms with van der Waals surface area (Å²) in [6.45, 7) is 2.81. The number of nitrogens with one attached hydrogen (secondary N) is 1.